The van der Waals surface area contributed by atoms with Gasteiger partial charge in [0.15, 0.2) is 0 Å². The molecule has 61 heavy (non-hydrogen) atoms. The number of anilines is 1. The largest absolute Gasteiger partial charge is 0.456 e. The summed E-state index contributed by atoms with van der Waals surface area (Å²) in [6.45, 7) is 9.37. The van der Waals surface area contributed by atoms with E-state index in [1.54, 1.807) is 24.4 Å². The summed E-state index contributed by atoms with van der Waals surface area (Å²) in [5.41, 5.74) is 11.5. The number of nitrogen functional groups attached to an aromatic ring is 1. The van der Waals surface area contributed by atoms with E-state index in [1.807, 2.05) is 72.8 Å². The molecule has 2 aliphatic heterocycles. The second-order valence-corrected chi connectivity index (χ2v) is 17.3. The molecule has 2 aliphatic rings. The average Bonchev–Trinajstić information content (AvgIpc) is 3.65. The number of piperidine rings is 1. The number of nitrogens with one attached hydrogen (secondary N) is 1. The van der Waals surface area contributed by atoms with Gasteiger partial charge < -0.3 is 25.0 Å². The molecule has 14 heteroatoms. The van der Waals surface area contributed by atoms with Gasteiger partial charge in [-0.05, 0) is 75.4 Å². The Hall–Kier alpha value is -5.29. The lowest BCUT2D eigenvalue weighted by Gasteiger charge is -2.58. The Morgan fingerprint density at radius 3 is 1.93 bits per heavy atom. The molecule has 0 amide bonds. The monoisotopic (exact) mass is 845 g/mol. The number of likely N-dealkylation sites (tertiary alicyclic amines) is 1. The predicted octanol–water partition coefficient (Wildman–Crippen LogP) is 6.63. The smallest absolute Gasteiger partial charge is 0.351 e. The second-order valence-electron chi connectivity index (χ2n) is 16.7. The van der Waals surface area contributed by atoms with Gasteiger partial charge in [0.05, 0.1) is 17.2 Å². The molecule has 320 valence electrons. The van der Waals surface area contributed by atoms with Crippen molar-refractivity contribution in [3.8, 4) is 6.07 Å². The number of carbonyl (C=O) groups is 1. The van der Waals surface area contributed by atoms with E-state index < -0.39 is 55.7 Å². The first-order valence-electron chi connectivity index (χ1n) is 20.5. The molecule has 5 atom stereocenters. The maximum atomic E-state index is 14.3. The van der Waals surface area contributed by atoms with Gasteiger partial charge >= 0.3 is 11.7 Å². The summed E-state index contributed by atoms with van der Waals surface area (Å²) in [6.07, 6.45) is 1.58. The zero-order chi connectivity index (χ0) is 43.8. The van der Waals surface area contributed by atoms with Crippen LogP contribution in [0.4, 0.5) is 5.82 Å². The molecule has 1 aromatic heterocycles. The number of rotatable bonds is 12. The molecule has 2 unspecified atom stereocenters. The maximum absolute atomic E-state index is 14.3. The van der Waals surface area contributed by atoms with Gasteiger partial charge in [-0.1, -0.05) is 109 Å². The highest BCUT2D eigenvalue weighted by atomic mass is 31.2. The van der Waals surface area contributed by atoms with Crippen molar-refractivity contribution in [1.82, 2.24) is 19.8 Å². The summed E-state index contributed by atoms with van der Waals surface area (Å²) in [5, 5.41) is 13.9. The molecule has 7 N–H and O–H groups in total. The van der Waals surface area contributed by atoms with Crippen molar-refractivity contribution in [3.63, 3.8) is 0 Å². The van der Waals surface area contributed by atoms with Crippen LogP contribution in [0.2, 0.25) is 0 Å². The number of nitriles is 1. The molecule has 2 saturated heterocycles. The molecule has 4 aromatic carbocycles. The van der Waals surface area contributed by atoms with Crippen molar-refractivity contribution in [1.29, 1.82) is 5.26 Å². The number of hydrogen-bond donors (Lipinski definition) is 5. The van der Waals surface area contributed by atoms with Gasteiger partial charge in [0, 0.05) is 48.6 Å². The molecule has 3 heterocycles. The predicted molar refractivity (Wildman–Crippen MR) is 237 cm³/mol. The van der Waals surface area contributed by atoms with E-state index >= 15 is 0 Å². The Morgan fingerprint density at radius 2 is 1.44 bits per heavy atom. The molecule has 13 nitrogen and oxygen atoms in total. The van der Waals surface area contributed by atoms with Crippen LogP contribution in [0.1, 0.15) is 86.7 Å². The second kappa shape index (κ2) is 19.6. The highest BCUT2D eigenvalue weighted by molar-refractivity contribution is 7.42. The van der Waals surface area contributed by atoms with E-state index in [9.17, 15) is 14.9 Å². The molecular weight excluding hydrogens is 790 g/mol. The number of aromatic nitrogens is 2. The van der Waals surface area contributed by atoms with Gasteiger partial charge in [0.2, 0.25) is 8.53 Å². The SMILES string of the molecule is CC1(C)CCC(C(OC(=O)c2ccccc2)[C@H]2O[C@@H](n3ccc(N)nc3=O)C[C@@H]2NC(c2ccccc2)(c2ccccc2)c2ccccc2)C(C)(C)N1CCC#N.NP(O)O. The first kappa shape index (κ1) is 45.2. The van der Waals surface area contributed by atoms with Crippen LogP contribution >= 0.6 is 8.53 Å². The van der Waals surface area contributed by atoms with Crippen LogP contribution in [-0.4, -0.2) is 66.1 Å². The summed E-state index contributed by atoms with van der Waals surface area (Å²) < 4.78 is 15.4. The van der Waals surface area contributed by atoms with E-state index in [1.165, 1.54) is 4.57 Å². The maximum Gasteiger partial charge on any atom is 0.351 e. The molecule has 0 saturated carbocycles. The molecule has 0 spiro atoms. The summed E-state index contributed by atoms with van der Waals surface area (Å²) in [5.74, 6) is -0.566. The number of esters is 1. The van der Waals surface area contributed by atoms with E-state index in [0.717, 1.165) is 29.5 Å². The molecule has 7 rings (SSSR count). The van der Waals surface area contributed by atoms with Crippen LogP contribution in [0.25, 0.3) is 0 Å². The number of ether oxygens (including phenoxy) is 2. The fourth-order valence-electron chi connectivity index (χ4n) is 9.49. The Morgan fingerprint density at radius 1 is 0.934 bits per heavy atom. The van der Waals surface area contributed by atoms with Gasteiger partial charge in [-0.15, -0.1) is 0 Å². The standard InChI is InChI=1S/C47H52N6O4.H4NO2P/c1-45(2)28-26-37(46(3,4)53(45)30-17-29-48)41(57-43(54)33-18-9-5-10-19-33)42-38(32-40(56-42)52-31-27-39(49)50-44(52)55)51-47(34-20-11-6-12-21-34,35-22-13-7-14-23-35)36-24-15-8-16-25-36;1-4(2)3/h5-16,18-25,27,31,37-38,40-42,51H,17,26,28,30,32H2,1-4H3,(H2,49,50,55);2-3H,1H2/t37?,38-,40+,41?,42-;/m0./s1. The molecule has 0 aliphatic carbocycles. The third-order valence-electron chi connectivity index (χ3n) is 12.2. The van der Waals surface area contributed by atoms with Gasteiger partial charge in [-0.3, -0.25) is 20.3 Å². The lowest BCUT2D eigenvalue weighted by Crippen LogP contribution is -2.67. The molecule has 5 aromatic rings. The van der Waals surface area contributed by atoms with Crippen molar-refractivity contribution in [2.45, 2.75) is 94.5 Å². The zero-order valence-electron chi connectivity index (χ0n) is 35.0. The fourth-order valence-corrected chi connectivity index (χ4v) is 9.49. The minimum atomic E-state index is -2.12. The van der Waals surface area contributed by atoms with Crippen molar-refractivity contribution in [2.24, 2.45) is 11.4 Å². The minimum absolute atomic E-state index is 0.121. The summed E-state index contributed by atoms with van der Waals surface area (Å²) in [7, 11) is -2.12. The van der Waals surface area contributed by atoms with E-state index in [4.69, 9.17) is 25.0 Å². The van der Waals surface area contributed by atoms with Crippen molar-refractivity contribution in [3.05, 3.63) is 166 Å². The number of nitrogens with two attached hydrogens (primary N) is 2. The summed E-state index contributed by atoms with van der Waals surface area (Å²) >= 11 is 0. The Labute approximate surface area is 358 Å². The lowest BCUT2D eigenvalue weighted by atomic mass is 9.68. The first-order valence-corrected chi connectivity index (χ1v) is 21.8. The van der Waals surface area contributed by atoms with Crippen LogP contribution in [0.15, 0.2) is 138 Å². The Balaban J connectivity index is 0.00000149. The minimum Gasteiger partial charge on any atom is -0.456 e. The third-order valence-corrected chi connectivity index (χ3v) is 12.2. The van der Waals surface area contributed by atoms with Gasteiger partial charge in [-0.2, -0.15) is 10.2 Å². The normalized spacial score (nSPS) is 21.4. The number of nitrogens with zero attached hydrogens (tertiary/aromatic N) is 4. The van der Waals surface area contributed by atoms with Crippen LogP contribution in [0, 0.1) is 17.2 Å². The van der Waals surface area contributed by atoms with E-state index in [2.05, 4.69) is 90.9 Å². The van der Waals surface area contributed by atoms with Gasteiger partial charge in [0.1, 0.15) is 24.3 Å². The number of hydrogen-bond acceptors (Lipinski definition) is 12. The highest BCUT2D eigenvalue weighted by Gasteiger charge is 2.56. The van der Waals surface area contributed by atoms with Crippen molar-refractivity contribution < 1.29 is 24.1 Å². The van der Waals surface area contributed by atoms with E-state index in [-0.39, 0.29) is 17.3 Å². The van der Waals surface area contributed by atoms with Gasteiger partial charge in [0.25, 0.3) is 0 Å². The highest BCUT2D eigenvalue weighted by Crippen LogP contribution is 2.48. The molecule has 0 bridgehead atoms. The lowest BCUT2D eigenvalue weighted by molar-refractivity contribution is -0.148. The van der Waals surface area contributed by atoms with Crippen LogP contribution < -0.4 is 22.2 Å². The third kappa shape index (κ3) is 10.1. The topological polar surface area (TPSA) is 202 Å². The zero-order valence-corrected chi connectivity index (χ0v) is 35.9. The molecule has 2 fully saturated rings. The molecule has 0 radical (unpaired) electrons. The van der Waals surface area contributed by atoms with E-state index in [0.29, 0.717) is 24.9 Å². The van der Waals surface area contributed by atoms with Crippen LogP contribution in [0.3, 0.4) is 0 Å². The van der Waals surface area contributed by atoms with Gasteiger partial charge in [-0.25, -0.2) is 9.59 Å². The van der Waals surface area contributed by atoms with Crippen molar-refractivity contribution >= 4 is 20.3 Å². The quantitative estimate of drug-likeness (QED) is 0.0511. The number of carbonyl (C=O) groups excluding carboxylic acids is 1. The fraction of sp³-hybridized carbons (Fsp3) is 0.362. The number of benzene rings is 4. The van der Waals surface area contributed by atoms with Crippen LogP contribution in [0.5, 0.6) is 0 Å². The molecular formula is C47H56N7O6P. The van der Waals surface area contributed by atoms with Crippen molar-refractivity contribution in [2.75, 3.05) is 12.3 Å². The van der Waals surface area contributed by atoms with Crippen LogP contribution in [-0.2, 0) is 15.0 Å². The Bertz CT molecular complexity index is 2190. The summed E-state index contributed by atoms with van der Waals surface area (Å²) in [6, 6.07) is 43.5. The average molecular weight is 846 g/mol. The first-order chi connectivity index (χ1) is 29.2. The summed E-state index contributed by atoms with van der Waals surface area (Å²) in [4.78, 5) is 49.2. The Kier molecular flexibility index (Phi) is 14.5.